The van der Waals surface area contributed by atoms with Gasteiger partial charge in [0.25, 0.3) is 0 Å². The van der Waals surface area contributed by atoms with E-state index in [2.05, 4.69) is 11.1 Å². The van der Waals surface area contributed by atoms with Gasteiger partial charge in [-0.25, -0.2) is 8.42 Å². The number of fused-ring (bicyclic) bond motifs is 1. The van der Waals surface area contributed by atoms with E-state index >= 15 is 0 Å². The summed E-state index contributed by atoms with van der Waals surface area (Å²) in [5.74, 6) is -0.291. The summed E-state index contributed by atoms with van der Waals surface area (Å²) in [4.78, 5) is 18.6. The summed E-state index contributed by atoms with van der Waals surface area (Å²) in [5, 5.41) is 1.42. The summed E-state index contributed by atoms with van der Waals surface area (Å²) >= 11 is 12.3. The maximum atomic E-state index is 13.7. The molecule has 9 heteroatoms. The minimum Gasteiger partial charge on any atom is -0.361 e. The van der Waals surface area contributed by atoms with Crippen molar-refractivity contribution in [2.45, 2.75) is 44.7 Å². The van der Waals surface area contributed by atoms with Gasteiger partial charge in [0, 0.05) is 41.3 Å². The lowest BCUT2D eigenvalue weighted by atomic mass is 10.1. The molecular formula is C29H31Cl2N3O3S. The summed E-state index contributed by atoms with van der Waals surface area (Å²) in [5.41, 5.74) is 4.23. The predicted octanol–water partition coefficient (Wildman–Crippen LogP) is 6.45. The Hall–Kier alpha value is -2.84. The van der Waals surface area contributed by atoms with Gasteiger partial charge >= 0.3 is 0 Å². The number of halogens is 2. The number of hydrogen-bond donors (Lipinski definition) is 1. The zero-order valence-corrected chi connectivity index (χ0v) is 23.9. The first-order valence-corrected chi connectivity index (χ1v) is 14.6. The Morgan fingerprint density at radius 1 is 1.00 bits per heavy atom. The summed E-state index contributed by atoms with van der Waals surface area (Å²) in [6, 6.07) is 19.8. The molecular weight excluding hydrogens is 541 g/mol. The molecule has 0 atom stereocenters. The van der Waals surface area contributed by atoms with E-state index in [1.807, 2.05) is 55.6 Å². The molecule has 4 rings (SSSR count). The van der Waals surface area contributed by atoms with E-state index in [-0.39, 0.29) is 27.4 Å². The molecule has 38 heavy (non-hydrogen) atoms. The van der Waals surface area contributed by atoms with E-state index in [1.165, 1.54) is 22.5 Å². The molecule has 0 aliphatic carbocycles. The fourth-order valence-electron chi connectivity index (χ4n) is 4.38. The molecule has 0 bridgehead atoms. The number of hydrogen-bond acceptors (Lipinski definition) is 3. The van der Waals surface area contributed by atoms with Crippen LogP contribution in [0.4, 0.5) is 0 Å². The number of carbonyl (C=O) groups is 1. The number of sulfonamides is 1. The van der Waals surface area contributed by atoms with Gasteiger partial charge in [-0.05, 0) is 62.6 Å². The van der Waals surface area contributed by atoms with Crippen LogP contribution in [0.2, 0.25) is 10.0 Å². The van der Waals surface area contributed by atoms with Crippen LogP contribution in [-0.4, -0.2) is 47.6 Å². The Balaban J connectivity index is 1.61. The molecule has 3 aromatic carbocycles. The zero-order valence-electron chi connectivity index (χ0n) is 21.6. The topological polar surface area (TPSA) is 73.5 Å². The number of aryl methyl sites for hydroxylation is 1. The fourth-order valence-corrected chi connectivity index (χ4v) is 6.70. The first-order valence-electron chi connectivity index (χ1n) is 12.4. The molecule has 0 fully saturated rings. The highest BCUT2D eigenvalue weighted by molar-refractivity contribution is 7.89. The third kappa shape index (κ3) is 6.41. The van der Waals surface area contributed by atoms with Gasteiger partial charge in [-0.1, -0.05) is 71.2 Å². The molecule has 0 saturated heterocycles. The van der Waals surface area contributed by atoms with Crippen LogP contribution in [0.25, 0.3) is 10.9 Å². The quantitative estimate of drug-likeness (QED) is 0.237. The van der Waals surface area contributed by atoms with Crippen molar-refractivity contribution in [2.75, 3.05) is 13.1 Å². The highest BCUT2D eigenvalue weighted by atomic mass is 35.5. The maximum absolute atomic E-state index is 13.7. The minimum atomic E-state index is -4.08. The van der Waals surface area contributed by atoms with E-state index in [0.29, 0.717) is 19.5 Å². The van der Waals surface area contributed by atoms with Crippen molar-refractivity contribution in [3.05, 3.63) is 99.7 Å². The van der Waals surface area contributed by atoms with Gasteiger partial charge in [0.2, 0.25) is 15.9 Å². The van der Waals surface area contributed by atoms with Crippen molar-refractivity contribution in [3.8, 4) is 0 Å². The number of nitrogens with one attached hydrogen (secondary N) is 1. The lowest BCUT2D eigenvalue weighted by Crippen LogP contribution is -2.46. The summed E-state index contributed by atoms with van der Waals surface area (Å²) in [7, 11) is -4.08. The number of H-pyrrole nitrogens is 1. The van der Waals surface area contributed by atoms with Gasteiger partial charge in [0.05, 0.1) is 11.6 Å². The third-order valence-corrected chi connectivity index (χ3v) is 9.26. The van der Waals surface area contributed by atoms with Gasteiger partial charge in [0.15, 0.2) is 0 Å². The molecule has 0 spiro atoms. The van der Waals surface area contributed by atoms with Crippen LogP contribution in [0.1, 0.15) is 30.5 Å². The Morgan fingerprint density at radius 2 is 1.71 bits per heavy atom. The average molecular weight is 573 g/mol. The SMILES string of the molecule is Cc1ccc(CN(CCc2c[nH]c3ccccc23)C(=O)CN(C(C)C)S(=O)(=O)c2cc(Cl)ccc2Cl)cc1. The van der Waals surface area contributed by atoms with Gasteiger partial charge in [-0.15, -0.1) is 0 Å². The second kappa shape index (κ2) is 11.9. The Bertz CT molecular complexity index is 1530. The van der Waals surface area contributed by atoms with Crippen molar-refractivity contribution < 1.29 is 13.2 Å². The molecule has 0 saturated carbocycles. The minimum absolute atomic E-state index is 0.0587. The number of benzene rings is 3. The van der Waals surface area contributed by atoms with E-state index in [1.54, 1.807) is 18.7 Å². The summed E-state index contributed by atoms with van der Waals surface area (Å²) in [6.07, 6.45) is 2.58. The van der Waals surface area contributed by atoms with Crippen molar-refractivity contribution in [1.82, 2.24) is 14.2 Å². The highest BCUT2D eigenvalue weighted by Crippen LogP contribution is 2.29. The predicted molar refractivity (Wildman–Crippen MR) is 154 cm³/mol. The van der Waals surface area contributed by atoms with Crippen LogP contribution in [0.3, 0.4) is 0 Å². The monoisotopic (exact) mass is 571 g/mol. The number of aromatic amines is 1. The number of aromatic nitrogens is 1. The molecule has 6 nitrogen and oxygen atoms in total. The number of rotatable bonds is 10. The van der Waals surface area contributed by atoms with Crippen molar-refractivity contribution in [2.24, 2.45) is 0 Å². The van der Waals surface area contributed by atoms with Crippen LogP contribution in [0.5, 0.6) is 0 Å². The van der Waals surface area contributed by atoms with Crippen molar-refractivity contribution >= 4 is 50.0 Å². The standard InChI is InChI=1S/C29H31Cl2N3O3S/c1-20(2)34(38(36,37)28-16-24(30)12-13-26(28)31)19-29(35)33(18-22-10-8-21(3)9-11-22)15-14-23-17-32-27-7-5-4-6-25(23)27/h4-13,16-17,20,32H,14-15,18-19H2,1-3H3. The van der Waals surface area contributed by atoms with E-state index in [0.717, 1.165) is 27.6 Å². The van der Waals surface area contributed by atoms with Crippen LogP contribution >= 0.6 is 23.2 Å². The fraction of sp³-hybridized carbons (Fsp3) is 0.276. The van der Waals surface area contributed by atoms with Crippen LogP contribution < -0.4 is 0 Å². The molecule has 1 N–H and O–H groups in total. The van der Waals surface area contributed by atoms with Gasteiger partial charge < -0.3 is 9.88 Å². The molecule has 0 unspecified atom stereocenters. The Labute approximate surface area is 234 Å². The molecule has 0 radical (unpaired) electrons. The van der Waals surface area contributed by atoms with E-state index < -0.39 is 16.1 Å². The first-order chi connectivity index (χ1) is 18.1. The second-order valence-electron chi connectivity index (χ2n) is 9.63. The summed E-state index contributed by atoms with van der Waals surface area (Å²) in [6.45, 7) is 5.96. The molecule has 0 aliphatic rings. The zero-order chi connectivity index (χ0) is 27.4. The molecule has 1 aromatic heterocycles. The van der Waals surface area contributed by atoms with Crippen LogP contribution in [-0.2, 0) is 27.8 Å². The molecule has 1 amide bonds. The highest BCUT2D eigenvalue weighted by Gasteiger charge is 2.32. The van der Waals surface area contributed by atoms with Gasteiger partial charge in [-0.2, -0.15) is 4.31 Å². The number of amides is 1. The third-order valence-electron chi connectivity index (χ3n) is 6.52. The van der Waals surface area contributed by atoms with Gasteiger partial charge in [-0.3, -0.25) is 4.79 Å². The van der Waals surface area contributed by atoms with E-state index in [9.17, 15) is 13.2 Å². The lowest BCUT2D eigenvalue weighted by Gasteiger charge is -2.30. The summed E-state index contributed by atoms with van der Waals surface area (Å²) < 4.78 is 28.4. The molecule has 0 aliphatic heterocycles. The number of carbonyl (C=O) groups excluding carboxylic acids is 1. The van der Waals surface area contributed by atoms with Crippen molar-refractivity contribution in [1.29, 1.82) is 0 Å². The van der Waals surface area contributed by atoms with E-state index in [4.69, 9.17) is 23.2 Å². The largest absolute Gasteiger partial charge is 0.361 e. The number of nitrogens with zero attached hydrogens (tertiary/aromatic N) is 2. The first kappa shape index (κ1) is 28.2. The Kier molecular flexibility index (Phi) is 8.83. The normalized spacial score (nSPS) is 12.0. The smallest absolute Gasteiger partial charge is 0.245 e. The molecule has 1 heterocycles. The Morgan fingerprint density at radius 3 is 2.42 bits per heavy atom. The van der Waals surface area contributed by atoms with Gasteiger partial charge in [0.1, 0.15) is 4.90 Å². The van der Waals surface area contributed by atoms with Crippen LogP contribution in [0.15, 0.2) is 77.8 Å². The molecule has 200 valence electrons. The van der Waals surface area contributed by atoms with Crippen molar-refractivity contribution in [3.63, 3.8) is 0 Å². The second-order valence-corrected chi connectivity index (χ2v) is 12.3. The molecule has 4 aromatic rings. The van der Waals surface area contributed by atoms with Crippen LogP contribution in [0, 0.1) is 6.92 Å². The average Bonchev–Trinajstić information content (AvgIpc) is 3.30. The maximum Gasteiger partial charge on any atom is 0.245 e. The number of para-hydroxylation sites is 1. The lowest BCUT2D eigenvalue weighted by molar-refractivity contribution is -0.132.